The average Bonchev–Trinajstić information content (AvgIpc) is 2.61. The van der Waals surface area contributed by atoms with Crippen molar-refractivity contribution in [2.75, 3.05) is 0 Å². The highest BCUT2D eigenvalue weighted by atomic mass is 35.5. The number of carbonyl (C=O) groups is 1. The van der Waals surface area contributed by atoms with Gasteiger partial charge in [-0.1, -0.05) is 29.8 Å². The standard InChI is InChI=1S/C20H22ClNO/c21-19-3-1-2-18(12-19)20-11-10-16(13-22-20)7-4-15-5-8-17(14-23)9-6-15/h1-3,10-15,17H,4-9H2. The minimum atomic E-state index is 0.310. The van der Waals surface area contributed by atoms with Crippen molar-refractivity contribution in [3.05, 3.63) is 53.2 Å². The first-order chi connectivity index (χ1) is 11.2. The number of pyridine rings is 1. The molecule has 0 radical (unpaired) electrons. The predicted octanol–water partition coefficient (Wildman–Crippen LogP) is 5.34. The molecular weight excluding hydrogens is 306 g/mol. The molecule has 0 saturated heterocycles. The number of nitrogens with zero attached hydrogens (tertiary/aromatic N) is 1. The van der Waals surface area contributed by atoms with Crippen LogP contribution < -0.4 is 0 Å². The number of aryl methyl sites for hydroxylation is 1. The van der Waals surface area contributed by atoms with Crippen LogP contribution in [0.15, 0.2) is 42.6 Å². The Bertz CT molecular complexity index is 645. The molecule has 1 saturated carbocycles. The van der Waals surface area contributed by atoms with Crippen molar-refractivity contribution in [1.29, 1.82) is 0 Å². The Kier molecular flexibility index (Phi) is 5.45. The summed E-state index contributed by atoms with van der Waals surface area (Å²) in [5.41, 5.74) is 3.30. The van der Waals surface area contributed by atoms with Crippen molar-refractivity contribution >= 4 is 17.9 Å². The summed E-state index contributed by atoms with van der Waals surface area (Å²) in [6.45, 7) is 0. The summed E-state index contributed by atoms with van der Waals surface area (Å²) in [6.07, 6.45) is 9.90. The number of hydrogen-bond acceptors (Lipinski definition) is 2. The van der Waals surface area contributed by atoms with E-state index >= 15 is 0 Å². The van der Waals surface area contributed by atoms with Gasteiger partial charge in [0.25, 0.3) is 0 Å². The molecule has 1 aliphatic rings. The number of rotatable bonds is 5. The minimum absolute atomic E-state index is 0.310. The van der Waals surface area contributed by atoms with Gasteiger partial charge in [0.15, 0.2) is 0 Å². The molecule has 1 aromatic heterocycles. The van der Waals surface area contributed by atoms with Crippen LogP contribution in [-0.4, -0.2) is 11.3 Å². The number of halogens is 1. The Morgan fingerprint density at radius 2 is 1.96 bits per heavy atom. The van der Waals surface area contributed by atoms with Crippen molar-refractivity contribution in [2.24, 2.45) is 11.8 Å². The normalized spacial score (nSPS) is 21.1. The fraction of sp³-hybridized carbons (Fsp3) is 0.400. The Hall–Kier alpha value is -1.67. The van der Waals surface area contributed by atoms with Crippen LogP contribution in [0.1, 0.15) is 37.7 Å². The van der Waals surface area contributed by atoms with E-state index in [0.29, 0.717) is 5.92 Å². The molecule has 0 bridgehead atoms. The van der Waals surface area contributed by atoms with Gasteiger partial charge in [-0.05, 0) is 68.2 Å². The highest BCUT2D eigenvalue weighted by molar-refractivity contribution is 6.30. The Balaban J connectivity index is 1.55. The third-order valence-corrected chi connectivity index (χ3v) is 5.11. The third kappa shape index (κ3) is 4.42. The summed E-state index contributed by atoms with van der Waals surface area (Å²) in [4.78, 5) is 15.4. The van der Waals surface area contributed by atoms with Crippen LogP contribution in [0.3, 0.4) is 0 Å². The van der Waals surface area contributed by atoms with E-state index in [-0.39, 0.29) is 0 Å². The average molecular weight is 328 g/mol. The number of aromatic nitrogens is 1. The molecule has 0 N–H and O–H groups in total. The SMILES string of the molecule is O=CC1CCC(CCc2ccc(-c3cccc(Cl)c3)nc2)CC1. The topological polar surface area (TPSA) is 30.0 Å². The van der Waals surface area contributed by atoms with Gasteiger partial charge in [0.1, 0.15) is 6.29 Å². The number of aldehydes is 1. The maximum Gasteiger partial charge on any atom is 0.123 e. The van der Waals surface area contributed by atoms with E-state index < -0.39 is 0 Å². The zero-order valence-electron chi connectivity index (χ0n) is 13.2. The molecular formula is C20H22ClNO. The lowest BCUT2D eigenvalue weighted by molar-refractivity contribution is -0.112. The van der Waals surface area contributed by atoms with Gasteiger partial charge in [-0.15, -0.1) is 0 Å². The molecule has 0 amide bonds. The minimum Gasteiger partial charge on any atom is -0.303 e. The van der Waals surface area contributed by atoms with Gasteiger partial charge in [0.05, 0.1) is 5.69 Å². The van der Waals surface area contributed by atoms with Gasteiger partial charge in [-0.25, -0.2) is 0 Å². The van der Waals surface area contributed by atoms with Crippen molar-refractivity contribution in [2.45, 2.75) is 38.5 Å². The lowest BCUT2D eigenvalue weighted by atomic mass is 9.80. The third-order valence-electron chi connectivity index (χ3n) is 4.87. The smallest absolute Gasteiger partial charge is 0.123 e. The van der Waals surface area contributed by atoms with Crippen LogP contribution in [0.25, 0.3) is 11.3 Å². The van der Waals surface area contributed by atoms with E-state index in [1.54, 1.807) is 0 Å². The summed E-state index contributed by atoms with van der Waals surface area (Å²) in [7, 11) is 0. The monoisotopic (exact) mass is 327 g/mol. The van der Waals surface area contributed by atoms with Gasteiger partial charge in [0, 0.05) is 22.7 Å². The molecule has 2 nitrogen and oxygen atoms in total. The molecule has 3 rings (SSSR count). The van der Waals surface area contributed by atoms with Gasteiger partial charge in [-0.3, -0.25) is 4.98 Å². The van der Waals surface area contributed by atoms with E-state index in [4.69, 9.17) is 11.6 Å². The second-order valence-corrected chi connectivity index (χ2v) is 6.95. The second-order valence-electron chi connectivity index (χ2n) is 6.52. The molecule has 0 spiro atoms. The van der Waals surface area contributed by atoms with E-state index in [1.165, 1.54) is 24.8 Å². The zero-order chi connectivity index (χ0) is 16.1. The molecule has 0 aliphatic heterocycles. The molecule has 1 aromatic carbocycles. The van der Waals surface area contributed by atoms with Gasteiger partial charge in [-0.2, -0.15) is 0 Å². The van der Waals surface area contributed by atoms with Crippen LogP contribution in [0.5, 0.6) is 0 Å². The van der Waals surface area contributed by atoms with Gasteiger partial charge >= 0.3 is 0 Å². The first-order valence-electron chi connectivity index (χ1n) is 8.41. The number of carbonyl (C=O) groups excluding carboxylic acids is 1. The maximum atomic E-state index is 10.8. The fourth-order valence-electron chi connectivity index (χ4n) is 3.37. The molecule has 0 unspecified atom stereocenters. The molecule has 2 aromatic rings. The van der Waals surface area contributed by atoms with Gasteiger partial charge < -0.3 is 4.79 Å². The number of hydrogen-bond donors (Lipinski definition) is 0. The molecule has 1 heterocycles. The van der Waals surface area contributed by atoms with Crippen molar-refractivity contribution < 1.29 is 4.79 Å². The summed E-state index contributed by atoms with van der Waals surface area (Å²) in [5, 5.41) is 0.735. The first kappa shape index (κ1) is 16.2. The van der Waals surface area contributed by atoms with Crippen LogP contribution in [-0.2, 0) is 11.2 Å². The van der Waals surface area contributed by atoms with Crippen LogP contribution >= 0.6 is 11.6 Å². The summed E-state index contributed by atoms with van der Waals surface area (Å²) >= 11 is 6.03. The molecule has 120 valence electrons. The van der Waals surface area contributed by atoms with Crippen LogP contribution in [0.4, 0.5) is 0 Å². The van der Waals surface area contributed by atoms with Crippen molar-refractivity contribution in [3.63, 3.8) is 0 Å². The molecule has 1 fully saturated rings. The first-order valence-corrected chi connectivity index (χ1v) is 8.78. The maximum absolute atomic E-state index is 10.8. The summed E-state index contributed by atoms with van der Waals surface area (Å²) in [5.74, 6) is 1.07. The van der Waals surface area contributed by atoms with E-state index in [0.717, 1.165) is 47.7 Å². The lowest BCUT2D eigenvalue weighted by Gasteiger charge is -2.25. The van der Waals surface area contributed by atoms with Crippen molar-refractivity contribution in [1.82, 2.24) is 4.98 Å². The molecule has 23 heavy (non-hydrogen) atoms. The quantitative estimate of drug-likeness (QED) is 0.694. The largest absolute Gasteiger partial charge is 0.303 e. The summed E-state index contributed by atoms with van der Waals surface area (Å²) in [6, 6.07) is 12.0. The molecule has 1 aliphatic carbocycles. The number of benzene rings is 1. The second kappa shape index (κ2) is 7.74. The lowest BCUT2D eigenvalue weighted by Crippen LogP contribution is -2.15. The molecule has 0 atom stereocenters. The highest BCUT2D eigenvalue weighted by Gasteiger charge is 2.20. The van der Waals surface area contributed by atoms with Crippen molar-refractivity contribution in [3.8, 4) is 11.3 Å². The zero-order valence-corrected chi connectivity index (χ0v) is 14.0. The van der Waals surface area contributed by atoms with Crippen LogP contribution in [0, 0.1) is 11.8 Å². The van der Waals surface area contributed by atoms with E-state index in [9.17, 15) is 4.79 Å². The van der Waals surface area contributed by atoms with E-state index in [1.807, 2.05) is 30.5 Å². The Labute approximate surface area is 142 Å². The Morgan fingerprint density at radius 3 is 2.61 bits per heavy atom. The summed E-state index contributed by atoms with van der Waals surface area (Å²) < 4.78 is 0. The Morgan fingerprint density at radius 1 is 1.13 bits per heavy atom. The molecule has 3 heteroatoms. The highest BCUT2D eigenvalue weighted by Crippen LogP contribution is 2.30. The fourth-order valence-corrected chi connectivity index (χ4v) is 3.57. The van der Waals surface area contributed by atoms with Gasteiger partial charge in [0.2, 0.25) is 0 Å². The van der Waals surface area contributed by atoms with Crippen LogP contribution in [0.2, 0.25) is 5.02 Å². The predicted molar refractivity (Wildman–Crippen MR) is 94.5 cm³/mol. The van der Waals surface area contributed by atoms with E-state index in [2.05, 4.69) is 17.1 Å².